The van der Waals surface area contributed by atoms with Crippen LogP contribution in [0.4, 0.5) is 0 Å². The first-order valence-electron chi connectivity index (χ1n) is 10.1. The molecule has 6 nitrogen and oxygen atoms in total. The van der Waals surface area contributed by atoms with Crippen LogP contribution in [0.2, 0.25) is 0 Å². The number of ether oxygens (including phenoxy) is 1. The molecule has 0 heterocycles. The van der Waals surface area contributed by atoms with Crippen LogP contribution in [0.15, 0.2) is 29.3 Å². The van der Waals surface area contributed by atoms with Gasteiger partial charge in [0.2, 0.25) is 0 Å². The van der Waals surface area contributed by atoms with E-state index < -0.39 is 0 Å². The predicted molar refractivity (Wildman–Crippen MR) is 110 cm³/mol. The number of rotatable bonds is 11. The van der Waals surface area contributed by atoms with Gasteiger partial charge in [-0.25, -0.2) is 0 Å². The lowest BCUT2D eigenvalue weighted by atomic mass is 10.0. The third-order valence-electron chi connectivity index (χ3n) is 4.88. The highest BCUT2D eigenvalue weighted by Crippen LogP contribution is 2.18. The molecule has 3 N–H and O–H groups in total. The lowest BCUT2D eigenvalue weighted by molar-refractivity contribution is -0.123. The standard InChI is InChI=1S/C21H34N4O2/c1-4-16(5-2)14-24-21(22-3)23-13-12-17-6-10-19(11-7-17)27-15-20(26)25-18-8-9-18/h6-7,10-11,16,18H,4-5,8-9,12-15H2,1-3H3,(H,25,26)(H2,22,23,24). The number of amides is 1. The first-order chi connectivity index (χ1) is 13.1. The number of aliphatic imine (C=N–C) groups is 1. The number of carbonyl (C=O) groups is 1. The molecule has 0 spiro atoms. The van der Waals surface area contributed by atoms with Gasteiger partial charge in [-0.05, 0) is 42.9 Å². The molecular weight excluding hydrogens is 340 g/mol. The average Bonchev–Trinajstić information content (AvgIpc) is 3.50. The molecule has 0 radical (unpaired) electrons. The van der Waals surface area contributed by atoms with Crippen LogP contribution in [0, 0.1) is 5.92 Å². The number of benzene rings is 1. The Balaban J connectivity index is 1.65. The van der Waals surface area contributed by atoms with E-state index in [1.54, 1.807) is 7.05 Å². The molecule has 1 aromatic carbocycles. The van der Waals surface area contributed by atoms with E-state index in [2.05, 4.69) is 34.8 Å². The van der Waals surface area contributed by atoms with Crippen molar-refractivity contribution >= 4 is 11.9 Å². The van der Waals surface area contributed by atoms with Crippen LogP contribution in [-0.4, -0.2) is 44.7 Å². The SMILES string of the molecule is CCC(CC)CNC(=NC)NCCc1ccc(OCC(=O)NC2CC2)cc1. The minimum Gasteiger partial charge on any atom is -0.484 e. The van der Waals surface area contributed by atoms with Crippen LogP contribution in [0.5, 0.6) is 5.75 Å². The molecule has 0 unspecified atom stereocenters. The Morgan fingerprint density at radius 1 is 1.19 bits per heavy atom. The number of hydrogen-bond donors (Lipinski definition) is 3. The maximum atomic E-state index is 11.6. The molecule has 0 bridgehead atoms. The van der Waals surface area contributed by atoms with E-state index in [0.717, 1.165) is 44.1 Å². The second-order valence-electron chi connectivity index (χ2n) is 7.09. The summed E-state index contributed by atoms with van der Waals surface area (Å²) in [5, 5.41) is 9.66. The van der Waals surface area contributed by atoms with Crippen LogP contribution >= 0.6 is 0 Å². The number of carbonyl (C=O) groups excluding carboxylic acids is 1. The van der Waals surface area contributed by atoms with Gasteiger partial charge in [-0.1, -0.05) is 38.8 Å². The van der Waals surface area contributed by atoms with Crippen LogP contribution in [0.3, 0.4) is 0 Å². The van der Waals surface area contributed by atoms with Crippen molar-refractivity contribution < 1.29 is 9.53 Å². The van der Waals surface area contributed by atoms with Crippen LogP contribution in [-0.2, 0) is 11.2 Å². The number of nitrogens with one attached hydrogen (secondary N) is 3. The van der Waals surface area contributed by atoms with Gasteiger partial charge in [0, 0.05) is 26.2 Å². The van der Waals surface area contributed by atoms with Gasteiger partial charge in [-0.3, -0.25) is 9.79 Å². The first-order valence-corrected chi connectivity index (χ1v) is 10.1. The molecule has 2 rings (SSSR count). The quantitative estimate of drug-likeness (QED) is 0.411. The Morgan fingerprint density at radius 2 is 1.89 bits per heavy atom. The monoisotopic (exact) mass is 374 g/mol. The molecule has 1 fully saturated rings. The summed E-state index contributed by atoms with van der Waals surface area (Å²) < 4.78 is 5.53. The molecule has 1 amide bonds. The highest BCUT2D eigenvalue weighted by atomic mass is 16.5. The molecule has 1 aromatic rings. The second kappa shape index (κ2) is 11.5. The van der Waals surface area contributed by atoms with E-state index in [-0.39, 0.29) is 12.5 Å². The van der Waals surface area contributed by atoms with Crippen molar-refractivity contribution in [1.82, 2.24) is 16.0 Å². The Bertz CT molecular complexity index is 593. The van der Waals surface area contributed by atoms with E-state index in [9.17, 15) is 4.79 Å². The zero-order valence-corrected chi connectivity index (χ0v) is 16.9. The molecule has 0 saturated heterocycles. The minimum absolute atomic E-state index is 0.0435. The van der Waals surface area contributed by atoms with E-state index >= 15 is 0 Å². The molecule has 6 heteroatoms. The zero-order valence-electron chi connectivity index (χ0n) is 16.9. The van der Waals surface area contributed by atoms with Gasteiger partial charge >= 0.3 is 0 Å². The van der Waals surface area contributed by atoms with Crippen LogP contribution in [0.1, 0.15) is 45.1 Å². The summed E-state index contributed by atoms with van der Waals surface area (Å²) in [5.41, 5.74) is 1.22. The maximum Gasteiger partial charge on any atom is 0.258 e. The van der Waals surface area contributed by atoms with Crippen molar-refractivity contribution in [3.63, 3.8) is 0 Å². The fourth-order valence-electron chi connectivity index (χ4n) is 2.76. The van der Waals surface area contributed by atoms with Gasteiger partial charge < -0.3 is 20.7 Å². The lowest BCUT2D eigenvalue weighted by Crippen LogP contribution is -2.40. The van der Waals surface area contributed by atoms with E-state index in [1.807, 2.05) is 24.3 Å². The first kappa shape index (κ1) is 21.1. The third-order valence-corrected chi connectivity index (χ3v) is 4.88. The topological polar surface area (TPSA) is 74.8 Å². The van der Waals surface area contributed by atoms with Gasteiger partial charge in [-0.15, -0.1) is 0 Å². The maximum absolute atomic E-state index is 11.6. The Labute approximate surface area is 163 Å². The minimum atomic E-state index is -0.0435. The summed E-state index contributed by atoms with van der Waals surface area (Å²) in [4.78, 5) is 15.9. The van der Waals surface area contributed by atoms with E-state index in [0.29, 0.717) is 12.0 Å². The summed E-state index contributed by atoms with van der Waals surface area (Å²) in [6, 6.07) is 8.28. The largest absolute Gasteiger partial charge is 0.484 e. The predicted octanol–water partition coefficient (Wildman–Crippen LogP) is 2.49. The number of nitrogens with zero attached hydrogens (tertiary/aromatic N) is 1. The highest BCUT2D eigenvalue weighted by Gasteiger charge is 2.23. The summed E-state index contributed by atoms with van der Waals surface area (Å²) in [6.07, 6.45) is 5.43. The van der Waals surface area contributed by atoms with Crippen molar-refractivity contribution in [1.29, 1.82) is 0 Å². The Kier molecular flexibility index (Phi) is 8.95. The van der Waals surface area contributed by atoms with Crippen molar-refractivity contribution in [2.75, 3.05) is 26.7 Å². The van der Waals surface area contributed by atoms with Gasteiger partial charge in [0.05, 0.1) is 0 Å². The van der Waals surface area contributed by atoms with E-state index in [4.69, 9.17) is 4.74 Å². The summed E-state index contributed by atoms with van der Waals surface area (Å²) in [7, 11) is 1.80. The molecule has 1 saturated carbocycles. The van der Waals surface area contributed by atoms with Gasteiger partial charge in [0.15, 0.2) is 12.6 Å². The molecule has 1 aliphatic rings. The molecule has 27 heavy (non-hydrogen) atoms. The van der Waals surface area contributed by atoms with Crippen molar-refractivity contribution in [3.05, 3.63) is 29.8 Å². The lowest BCUT2D eigenvalue weighted by Gasteiger charge is -2.16. The van der Waals surface area contributed by atoms with Gasteiger partial charge in [0.1, 0.15) is 5.75 Å². The van der Waals surface area contributed by atoms with Crippen LogP contribution < -0.4 is 20.7 Å². The normalized spacial score (nSPS) is 14.1. The molecular formula is C21H34N4O2. The van der Waals surface area contributed by atoms with E-state index in [1.165, 1.54) is 18.4 Å². The Morgan fingerprint density at radius 3 is 2.48 bits per heavy atom. The smallest absolute Gasteiger partial charge is 0.258 e. The molecule has 150 valence electrons. The fourth-order valence-corrected chi connectivity index (χ4v) is 2.76. The summed E-state index contributed by atoms with van der Waals surface area (Å²) in [6.45, 7) is 6.29. The number of guanidine groups is 1. The summed E-state index contributed by atoms with van der Waals surface area (Å²) >= 11 is 0. The zero-order chi connectivity index (χ0) is 19.5. The van der Waals surface area contributed by atoms with Crippen LogP contribution in [0.25, 0.3) is 0 Å². The molecule has 0 aromatic heterocycles. The highest BCUT2D eigenvalue weighted by molar-refractivity contribution is 5.79. The molecule has 0 aliphatic heterocycles. The molecule has 1 aliphatic carbocycles. The second-order valence-corrected chi connectivity index (χ2v) is 7.09. The van der Waals surface area contributed by atoms with Gasteiger partial charge in [-0.2, -0.15) is 0 Å². The number of hydrogen-bond acceptors (Lipinski definition) is 3. The average molecular weight is 375 g/mol. The summed E-state index contributed by atoms with van der Waals surface area (Å²) in [5.74, 6) is 2.21. The third kappa shape index (κ3) is 8.33. The van der Waals surface area contributed by atoms with Gasteiger partial charge in [0.25, 0.3) is 5.91 Å². The fraction of sp³-hybridized carbons (Fsp3) is 0.619. The van der Waals surface area contributed by atoms with Crippen molar-refractivity contribution in [2.45, 2.75) is 52.0 Å². The Hall–Kier alpha value is -2.24. The molecule has 0 atom stereocenters. The van der Waals surface area contributed by atoms with Crippen molar-refractivity contribution in [2.24, 2.45) is 10.9 Å². The van der Waals surface area contributed by atoms with Crippen molar-refractivity contribution in [3.8, 4) is 5.75 Å².